The lowest BCUT2D eigenvalue weighted by Crippen LogP contribution is -2.11. The number of aryl methyl sites for hydroxylation is 1. The molecule has 0 aliphatic carbocycles. The second-order valence-electron chi connectivity index (χ2n) is 1.74. The minimum absolute atomic E-state index is 0.160. The molecule has 0 aromatic carbocycles. The maximum absolute atomic E-state index is 10.6. The molecule has 1 heterocycles. The molecule has 0 saturated carbocycles. The fraction of sp³-hybridized carbons (Fsp3) is 0.400. The van der Waals surface area contributed by atoms with Crippen LogP contribution in [0.5, 0.6) is 5.88 Å². The smallest absolute Gasteiger partial charge is 0.328 e. The first-order valence-electron chi connectivity index (χ1n) is 2.53. The minimum atomic E-state index is -0.160. The molecule has 0 amide bonds. The predicted molar refractivity (Wildman–Crippen MR) is 32.6 cm³/mol. The number of methoxy groups -OCH3 is 1. The van der Waals surface area contributed by atoms with Crippen LogP contribution in [-0.2, 0) is 7.05 Å². The summed E-state index contributed by atoms with van der Waals surface area (Å²) in [6.45, 7) is 0. The number of H-pyrrole nitrogens is 1. The number of hydrogen-bond acceptors (Lipinski definition) is 2. The molecular formula is C5H8N2O2. The number of nitrogens with one attached hydrogen (secondary N) is 1. The standard InChI is InChI=1S/C5H8N2O2/c1-7-3-4(9-2)6-5(7)8/h3H,1-2H3,(H,6,8). The molecule has 0 fully saturated rings. The molecule has 1 N–H and O–H groups in total. The molecule has 0 spiro atoms. The SMILES string of the molecule is COc1cn(C)c(=O)[nH]1. The molecule has 1 aromatic heterocycles. The summed E-state index contributed by atoms with van der Waals surface area (Å²) in [7, 11) is 3.16. The van der Waals surface area contributed by atoms with E-state index in [1.54, 1.807) is 13.2 Å². The molecule has 0 aliphatic heterocycles. The highest BCUT2D eigenvalue weighted by atomic mass is 16.5. The van der Waals surface area contributed by atoms with Gasteiger partial charge in [0.25, 0.3) is 0 Å². The Morgan fingerprint density at radius 3 is 2.67 bits per heavy atom. The zero-order chi connectivity index (χ0) is 6.85. The van der Waals surface area contributed by atoms with Crippen molar-refractivity contribution in [1.29, 1.82) is 0 Å². The number of aromatic amines is 1. The van der Waals surface area contributed by atoms with E-state index in [1.807, 2.05) is 0 Å². The molecule has 1 aromatic rings. The van der Waals surface area contributed by atoms with Crippen LogP contribution in [0.2, 0.25) is 0 Å². The Morgan fingerprint density at radius 2 is 2.44 bits per heavy atom. The summed E-state index contributed by atoms with van der Waals surface area (Å²) in [6, 6.07) is 0. The second-order valence-corrected chi connectivity index (χ2v) is 1.74. The molecule has 4 nitrogen and oxygen atoms in total. The minimum Gasteiger partial charge on any atom is -0.481 e. The van der Waals surface area contributed by atoms with Crippen LogP contribution in [0.3, 0.4) is 0 Å². The number of aromatic nitrogens is 2. The summed E-state index contributed by atoms with van der Waals surface area (Å²) in [5.74, 6) is 0.488. The van der Waals surface area contributed by atoms with Crippen molar-refractivity contribution < 1.29 is 4.74 Å². The number of ether oxygens (including phenoxy) is 1. The Kier molecular flexibility index (Phi) is 1.30. The van der Waals surface area contributed by atoms with Gasteiger partial charge in [-0.05, 0) is 0 Å². The first kappa shape index (κ1) is 5.94. The molecule has 0 unspecified atom stereocenters. The van der Waals surface area contributed by atoms with Crippen LogP contribution < -0.4 is 10.4 Å². The molecule has 9 heavy (non-hydrogen) atoms. The maximum atomic E-state index is 10.6. The lowest BCUT2D eigenvalue weighted by atomic mass is 10.8. The molecule has 1 rings (SSSR count). The summed E-state index contributed by atoms with van der Waals surface area (Å²) in [6.07, 6.45) is 1.59. The van der Waals surface area contributed by atoms with Crippen LogP contribution in [0.15, 0.2) is 11.0 Å². The van der Waals surface area contributed by atoms with Crippen molar-refractivity contribution in [2.24, 2.45) is 7.05 Å². The fourth-order valence-corrected chi connectivity index (χ4v) is 0.564. The van der Waals surface area contributed by atoms with Crippen molar-refractivity contribution in [3.8, 4) is 5.88 Å². The molecule has 4 heteroatoms. The van der Waals surface area contributed by atoms with Crippen LogP contribution in [-0.4, -0.2) is 16.7 Å². The topological polar surface area (TPSA) is 47.0 Å². The molecule has 0 saturated heterocycles. The van der Waals surface area contributed by atoms with Gasteiger partial charge < -0.3 is 4.74 Å². The van der Waals surface area contributed by atoms with E-state index >= 15 is 0 Å². The summed E-state index contributed by atoms with van der Waals surface area (Å²) in [5.41, 5.74) is -0.160. The maximum Gasteiger partial charge on any atom is 0.328 e. The molecule has 0 radical (unpaired) electrons. The number of rotatable bonds is 1. The van der Waals surface area contributed by atoms with Crippen molar-refractivity contribution >= 4 is 0 Å². The molecule has 0 bridgehead atoms. The van der Waals surface area contributed by atoms with Crippen LogP contribution in [0.4, 0.5) is 0 Å². The van der Waals surface area contributed by atoms with Gasteiger partial charge >= 0.3 is 5.69 Å². The number of imidazole rings is 1. The van der Waals surface area contributed by atoms with E-state index < -0.39 is 0 Å². The van der Waals surface area contributed by atoms with Gasteiger partial charge in [-0.1, -0.05) is 0 Å². The Bertz CT molecular complexity index is 248. The second kappa shape index (κ2) is 1.97. The zero-order valence-corrected chi connectivity index (χ0v) is 5.34. The lowest BCUT2D eigenvalue weighted by molar-refractivity contribution is 0.399. The van der Waals surface area contributed by atoms with Gasteiger partial charge in [-0.3, -0.25) is 9.55 Å². The van der Waals surface area contributed by atoms with Gasteiger partial charge in [0.1, 0.15) is 0 Å². The highest BCUT2D eigenvalue weighted by Crippen LogP contribution is 1.97. The van der Waals surface area contributed by atoms with Crippen molar-refractivity contribution in [2.75, 3.05) is 7.11 Å². The average Bonchev–Trinajstić information content (AvgIpc) is 2.13. The average molecular weight is 128 g/mol. The van der Waals surface area contributed by atoms with Crippen LogP contribution >= 0.6 is 0 Å². The van der Waals surface area contributed by atoms with E-state index in [0.29, 0.717) is 5.88 Å². The van der Waals surface area contributed by atoms with E-state index in [0.717, 1.165) is 0 Å². The van der Waals surface area contributed by atoms with Gasteiger partial charge in [0.15, 0.2) is 0 Å². The lowest BCUT2D eigenvalue weighted by Gasteiger charge is -1.87. The van der Waals surface area contributed by atoms with Crippen molar-refractivity contribution in [2.45, 2.75) is 0 Å². The Morgan fingerprint density at radius 1 is 1.78 bits per heavy atom. The molecule has 0 atom stereocenters. The fourth-order valence-electron chi connectivity index (χ4n) is 0.564. The van der Waals surface area contributed by atoms with Crippen LogP contribution in [0, 0.1) is 0 Å². The normalized spacial score (nSPS) is 9.56. The first-order chi connectivity index (χ1) is 4.24. The quantitative estimate of drug-likeness (QED) is 0.565. The summed E-state index contributed by atoms with van der Waals surface area (Å²) in [4.78, 5) is 13.1. The summed E-state index contributed by atoms with van der Waals surface area (Å²) >= 11 is 0. The van der Waals surface area contributed by atoms with E-state index in [-0.39, 0.29) is 5.69 Å². The Hall–Kier alpha value is -1.19. The monoisotopic (exact) mass is 128 g/mol. The summed E-state index contributed by atoms with van der Waals surface area (Å²) < 4.78 is 6.15. The van der Waals surface area contributed by atoms with Crippen molar-refractivity contribution in [1.82, 2.24) is 9.55 Å². The van der Waals surface area contributed by atoms with E-state index in [9.17, 15) is 4.79 Å². The van der Waals surface area contributed by atoms with Crippen LogP contribution in [0.25, 0.3) is 0 Å². The van der Waals surface area contributed by atoms with Gasteiger partial charge in [-0.15, -0.1) is 0 Å². The van der Waals surface area contributed by atoms with Gasteiger partial charge in [0, 0.05) is 7.05 Å². The first-order valence-corrected chi connectivity index (χ1v) is 2.53. The molecular weight excluding hydrogens is 120 g/mol. The van der Waals surface area contributed by atoms with Crippen LogP contribution in [0.1, 0.15) is 0 Å². The number of nitrogens with zero attached hydrogens (tertiary/aromatic N) is 1. The molecule has 50 valence electrons. The van der Waals surface area contributed by atoms with E-state index in [4.69, 9.17) is 4.74 Å². The molecule has 0 aliphatic rings. The van der Waals surface area contributed by atoms with Gasteiger partial charge in [0.2, 0.25) is 5.88 Å². The number of hydrogen-bond donors (Lipinski definition) is 1. The van der Waals surface area contributed by atoms with Crippen molar-refractivity contribution in [3.05, 3.63) is 16.7 Å². The van der Waals surface area contributed by atoms with E-state index in [1.165, 1.54) is 11.7 Å². The third-order valence-electron chi connectivity index (χ3n) is 1.08. The third-order valence-corrected chi connectivity index (χ3v) is 1.08. The van der Waals surface area contributed by atoms with Crippen molar-refractivity contribution in [3.63, 3.8) is 0 Å². The zero-order valence-electron chi connectivity index (χ0n) is 5.34. The van der Waals surface area contributed by atoms with Gasteiger partial charge in [0.05, 0.1) is 13.3 Å². The Balaban J connectivity index is 3.13. The van der Waals surface area contributed by atoms with E-state index in [2.05, 4.69) is 4.98 Å². The third kappa shape index (κ3) is 0.960. The van der Waals surface area contributed by atoms with Gasteiger partial charge in [-0.2, -0.15) is 0 Å². The summed E-state index contributed by atoms with van der Waals surface area (Å²) in [5, 5.41) is 0. The Labute approximate surface area is 52.1 Å². The highest BCUT2D eigenvalue weighted by molar-refractivity contribution is 5.02. The highest BCUT2D eigenvalue weighted by Gasteiger charge is 1.94. The van der Waals surface area contributed by atoms with Gasteiger partial charge in [-0.25, -0.2) is 4.79 Å². The predicted octanol–water partition coefficient (Wildman–Crippen LogP) is -0.278. The largest absolute Gasteiger partial charge is 0.481 e.